The summed E-state index contributed by atoms with van der Waals surface area (Å²) >= 11 is 10.7. The SMILES string of the molecule is [C-]#[N+]/C(C#N)=C\c1cc(OCCC)c(-c2cc3sc4c5c(sc4c3s2)-c2sc(-c3sc(/C=C(\C#N)[N+]#[C-])cc3OCCC)cc2C52CCCCC2)s1. The molecule has 6 aromatic heterocycles. The number of allylic oxidation sites excluding steroid dienone is 2. The van der Waals surface area contributed by atoms with Crippen molar-refractivity contribution < 1.29 is 9.47 Å². The molecule has 258 valence electrons. The Balaban J connectivity index is 1.25. The molecule has 1 spiro atoms. The van der Waals surface area contributed by atoms with Gasteiger partial charge in [-0.3, -0.25) is 0 Å². The van der Waals surface area contributed by atoms with Gasteiger partial charge in [0, 0.05) is 35.2 Å². The molecule has 6 aromatic rings. The first kappa shape index (κ1) is 34.8. The minimum absolute atomic E-state index is 0.00568. The Morgan fingerprint density at radius 3 is 1.87 bits per heavy atom. The van der Waals surface area contributed by atoms with E-state index in [1.54, 1.807) is 40.4 Å². The average molecular weight is 791 g/mol. The van der Waals surface area contributed by atoms with Gasteiger partial charge in [0.2, 0.25) is 0 Å². The molecule has 1 saturated carbocycles. The molecule has 2 aliphatic carbocycles. The zero-order valence-corrected chi connectivity index (χ0v) is 33.3. The maximum atomic E-state index is 9.41. The predicted molar refractivity (Wildman–Crippen MR) is 221 cm³/mol. The van der Waals surface area contributed by atoms with Gasteiger partial charge in [-0.05, 0) is 67.7 Å². The molecule has 6 heterocycles. The highest BCUT2D eigenvalue weighted by Gasteiger charge is 2.48. The van der Waals surface area contributed by atoms with E-state index in [-0.39, 0.29) is 16.8 Å². The Morgan fingerprint density at radius 2 is 1.31 bits per heavy atom. The quantitative estimate of drug-likeness (QED) is 0.102. The molecule has 12 heteroatoms. The Kier molecular flexibility index (Phi) is 9.57. The van der Waals surface area contributed by atoms with E-state index in [0.29, 0.717) is 13.2 Å². The molecule has 0 amide bonds. The third kappa shape index (κ3) is 5.80. The number of rotatable bonds is 10. The summed E-state index contributed by atoms with van der Waals surface area (Å²) in [5, 5.41) is 18.8. The fourth-order valence-electron chi connectivity index (χ4n) is 7.28. The van der Waals surface area contributed by atoms with Gasteiger partial charge < -0.3 is 9.47 Å². The lowest BCUT2D eigenvalue weighted by molar-refractivity contribution is 0.320. The molecule has 0 atom stereocenters. The highest BCUT2D eigenvalue weighted by molar-refractivity contribution is 7.41. The standard InChI is InChI=1S/C40H30N4O2S6/c1-5-12-45-27-16-24(14-22(20-41)43-3)47-34(27)29-18-26-33(49-29)37-32(40(26)10-8-7-9-11-40)38-39(52-37)36-31(51-38)19-30(50-36)35-28(46-13-6-2)17-25(48-35)15-23(21-42)44-4/h14-19H,5-13H2,1-2H3/b22-14+,23-15-. The molecule has 0 aromatic carbocycles. The number of fused-ring (bicyclic) bond motifs is 9. The number of hydrogen-bond acceptors (Lipinski definition) is 10. The summed E-state index contributed by atoms with van der Waals surface area (Å²) in [5.41, 5.74) is 3.16. The first-order valence-electron chi connectivity index (χ1n) is 17.1. The van der Waals surface area contributed by atoms with Gasteiger partial charge in [-0.2, -0.15) is 0 Å². The van der Waals surface area contributed by atoms with Crippen molar-refractivity contribution in [2.24, 2.45) is 0 Å². The summed E-state index contributed by atoms with van der Waals surface area (Å²) < 4.78 is 17.9. The van der Waals surface area contributed by atoms with Crippen molar-refractivity contribution in [3.05, 3.63) is 79.4 Å². The van der Waals surface area contributed by atoms with Crippen LogP contribution in [0.15, 0.2) is 35.7 Å². The van der Waals surface area contributed by atoms with Crippen molar-refractivity contribution in [3.63, 3.8) is 0 Å². The molecule has 0 N–H and O–H groups in total. The van der Waals surface area contributed by atoms with Crippen LogP contribution >= 0.6 is 68.0 Å². The molecule has 0 bridgehead atoms. The Morgan fingerprint density at radius 1 is 0.712 bits per heavy atom. The minimum Gasteiger partial charge on any atom is -0.492 e. The van der Waals surface area contributed by atoms with E-state index in [1.165, 1.54) is 58.3 Å². The smallest absolute Gasteiger partial charge is 0.263 e. The predicted octanol–water partition coefficient (Wildman–Crippen LogP) is 14.1. The van der Waals surface area contributed by atoms with Gasteiger partial charge in [0.15, 0.2) is 0 Å². The highest BCUT2D eigenvalue weighted by Crippen LogP contribution is 2.66. The monoisotopic (exact) mass is 790 g/mol. The fourth-order valence-corrected chi connectivity index (χ4v) is 15.4. The molecule has 0 unspecified atom stereocenters. The van der Waals surface area contributed by atoms with E-state index in [0.717, 1.165) is 61.6 Å². The summed E-state index contributed by atoms with van der Waals surface area (Å²) in [7, 11) is 0. The summed E-state index contributed by atoms with van der Waals surface area (Å²) in [5.74, 6) is 1.63. The van der Waals surface area contributed by atoms with Crippen molar-refractivity contribution in [1.82, 2.24) is 0 Å². The molecule has 1 fully saturated rings. The van der Waals surface area contributed by atoms with Crippen molar-refractivity contribution >= 4 is 99.0 Å². The molecule has 8 rings (SSSR count). The minimum atomic E-state index is 0.00568. The van der Waals surface area contributed by atoms with Gasteiger partial charge in [-0.25, -0.2) is 20.2 Å². The number of thiophene rings is 6. The van der Waals surface area contributed by atoms with Crippen LogP contribution in [0.4, 0.5) is 0 Å². The van der Waals surface area contributed by atoms with Gasteiger partial charge in [-0.1, -0.05) is 33.1 Å². The van der Waals surface area contributed by atoms with Crippen LogP contribution in [0.3, 0.4) is 0 Å². The molecular formula is C40H30N4O2S6. The van der Waals surface area contributed by atoms with Gasteiger partial charge >= 0.3 is 0 Å². The number of nitriles is 2. The van der Waals surface area contributed by atoms with Crippen LogP contribution in [-0.4, -0.2) is 13.2 Å². The van der Waals surface area contributed by atoms with Crippen molar-refractivity contribution in [3.8, 4) is 52.9 Å². The first-order chi connectivity index (χ1) is 25.4. The second-order valence-electron chi connectivity index (χ2n) is 12.8. The molecule has 6 nitrogen and oxygen atoms in total. The van der Waals surface area contributed by atoms with Gasteiger partial charge in [0.05, 0.1) is 72.1 Å². The van der Waals surface area contributed by atoms with E-state index in [4.69, 9.17) is 22.6 Å². The van der Waals surface area contributed by atoms with Crippen LogP contribution in [-0.2, 0) is 5.41 Å². The third-order valence-electron chi connectivity index (χ3n) is 9.45. The zero-order valence-electron chi connectivity index (χ0n) is 28.4. The Labute approximate surface area is 326 Å². The largest absolute Gasteiger partial charge is 0.492 e. The fraction of sp³-hybridized carbons (Fsp3) is 0.300. The summed E-state index contributed by atoms with van der Waals surface area (Å²) in [6.45, 7) is 20.1. The topological polar surface area (TPSA) is 74.8 Å². The lowest BCUT2D eigenvalue weighted by Gasteiger charge is -2.35. The molecule has 52 heavy (non-hydrogen) atoms. The third-order valence-corrected chi connectivity index (χ3v) is 17.1. The van der Waals surface area contributed by atoms with Gasteiger partial charge in [0.1, 0.15) is 11.5 Å². The van der Waals surface area contributed by atoms with Crippen molar-refractivity contribution in [2.45, 2.75) is 64.2 Å². The van der Waals surface area contributed by atoms with Gasteiger partial charge in [0.25, 0.3) is 11.4 Å². The first-order valence-corrected chi connectivity index (χ1v) is 22.0. The normalized spacial score (nSPS) is 15.0. The Bertz CT molecular complexity index is 2570. The number of hydrogen-bond donors (Lipinski definition) is 0. The molecule has 0 saturated heterocycles. The van der Waals surface area contributed by atoms with Crippen LogP contribution < -0.4 is 9.47 Å². The summed E-state index contributed by atoms with van der Waals surface area (Å²) in [6.07, 6.45) is 11.1. The zero-order chi connectivity index (χ0) is 36.0. The second-order valence-corrected chi connectivity index (χ2v) is 19.1. The van der Waals surface area contributed by atoms with Crippen LogP contribution in [0.1, 0.15) is 79.7 Å². The van der Waals surface area contributed by atoms with Crippen LogP contribution in [0, 0.1) is 35.8 Å². The lowest BCUT2D eigenvalue weighted by atomic mass is 9.68. The second kappa shape index (κ2) is 14.3. The molecular weight excluding hydrogens is 761 g/mol. The average Bonchev–Trinajstić information content (AvgIpc) is 4.02. The molecule has 0 radical (unpaired) electrons. The number of ether oxygens (including phenoxy) is 2. The van der Waals surface area contributed by atoms with E-state index in [9.17, 15) is 10.5 Å². The maximum Gasteiger partial charge on any atom is 0.263 e. The summed E-state index contributed by atoms with van der Waals surface area (Å²) in [6, 6.07) is 12.7. The molecule has 2 aliphatic rings. The van der Waals surface area contributed by atoms with E-state index >= 15 is 0 Å². The van der Waals surface area contributed by atoms with E-state index < -0.39 is 0 Å². The molecule has 0 aliphatic heterocycles. The van der Waals surface area contributed by atoms with Crippen LogP contribution in [0.2, 0.25) is 0 Å². The number of nitrogens with zero attached hydrogens (tertiary/aromatic N) is 4. The lowest BCUT2D eigenvalue weighted by Crippen LogP contribution is -2.27. The van der Waals surface area contributed by atoms with Crippen molar-refractivity contribution in [2.75, 3.05) is 13.2 Å². The summed E-state index contributed by atoms with van der Waals surface area (Å²) in [4.78, 5) is 15.7. The van der Waals surface area contributed by atoms with Gasteiger partial charge in [-0.15, -0.1) is 68.0 Å². The Hall–Kier alpha value is -4.24. The van der Waals surface area contributed by atoms with Crippen LogP contribution in [0.25, 0.3) is 69.9 Å². The van der Waals surface area contributed by atoms with E-state index in [1.807, 2.05) is 69.6 Å². The van der Waals surface area contributed by atoms with Crippen molar-refractivity contribution in [1.29, 1.82) is 10.5 Å². The maximum absolute atomic E-state index is 9.41. The van der Waals surface area contributed by atoms with Crippen LogP contribution in [0.5, 0.6) is 11.5 Å². The van der Waals surface area contributed by atoms with E-state index in [2.05, 4.69) is 35.7 Å². The highest BCUT2D eigenvalue weighted by atomic mass is 32.1.